The van der Waals surface area contributed by atoms with Crippen molar-refractivity contribution in [2.24, 2.45) is 11.7 Å². The van der Waals surface area contributed by atoms with Crippen LogP contribution in [-0.4, -0.2) is 12.1 Å². The van der Waals surface area contributed by atoms with Crippen LogP contribution in [0.4, 0.5) is 0 Å². The minimum atomic E-state index is 0.407. The van der Waals surface area contributed by atoms with Gasteiger partial charge in [-0.15, -0.1) is 0 Å². The molecule has 22 heavy (non-hydrogen) atoms. The first-order chi connectivity index (χ1) is 10.8. The summed E-state index contributed by atoms with van der Waals surface area (Å²) in [5, 5.41) is 2.65. The number of nitrogens with two attached hydrogens (primary N) is 1. The number of fused-ring (bicyclic) bond motifs is 1. The molecule has 2 atom stereocenters. The summed E-state index contributed by atoms with van der Waals surface area (Å²) in [6, 6.07) is 19.7. The van der Waals surface area contributed by atoms with E-state index in [1.54, 1.807) is 0 Å². The van der Waals surface area contributed by atoms with Gasteiger partial charge >= 0.3 is 0 Å². The summed E-state index contributed by atoms with van der Waals surface area (Å²) in [7, 11) is 0. The van der Waals surface area contributed by atoms with Crippen molar-refractivity contribution in [3.8, 4) is 6.07 Å². The Morgan fingerprint density at radius 3 is 2.55 bits per heavy atom. The molecule has 0 unspecified atom stereocenters. The highest BCUT2D eigenvalue weighted by Crippen LogP contribution is 2.44. The van der Waals surface area contributed by atoms with E-state index in [-0.39, 0.29) is 0 Å². The lowest BCUT2D eigenvalue weighted by atomic mass is 9.87. The van der Waals surface area contributed by atoms with E-state index in [1.807, 2.05) is 0 Å². The standard InChI is InChI=1S/C20H23N2/c21-18-9-5-14(6-10-18)13-22-20-12-19(20)17-8-7-15-3-1-2-4-16(15)11-17/h1-4,7-8,11,14,18-20H,5-6,9-10,12,21H2/q+1/t14?,18?,19-,20+/m1/s1. The van der Waals surface area contributed by atoms with E-state index < -0.39 is 0 Å². The molecule has 4 rings (SSSR count). The quantitative estimate of drug-likeness (QED) is 0.821. The maximum absolute atomic E-state index is 5.95. The lowest BCUT2D eigenvalue weighted by Crippen LogP contribution is -2.25. The largest absolute Gasteiger partial charge is 0.328 e. The highest BCUT2D eigenvalue weighted by Gasteiger charge is 2.48. The van der Waals surface area contributed by atoms with Gasteiger partial charge in [0, 0.05) is 12.5 Å². The van der Waals surface area contributed by atoms with Crippen LogP contribution in [0.25, 0.3) is 15.6 Å². The SMILES string of the molecule is NC1CCC(C#[N+][C@H]2C[C@@H]2c2ccc3ccccc3c2)CC1. The number of benzene rings is 2. The zero-order chi connectivity index (χ0) is 14.9. The highest BCUT2D eigenvalue weighted by molar-refractivity contribution is 5.83. The van der Waals surface area contributed by atoms with Crippen molar-refractivity contribution in [3.05, 3.63) is 52.9 Å². The smallest absolute Gasteiger partial charge is 0.280 e. The average molecular weight is 291 g/mol. The van der Waals surface area contributed by atoms with E-state index >= 15 is 0 Å². The van der Waals surface area contributed by atoms with Gasteiger partial charge < -0.3 is 5.73 Å². The summed E-state index contributed by atoms with van der Waals surface area (Å²) >= 11 is 0. The van der Waals surface area contributed by atoms with E-state index in [0.29, 0.717) is 23.9 Å². The second kappa shape index (κ2) is 5.74. The van der Waals surface area contributed by atoms with Gasteiger partial charge in [-0.25, -0.2) is 0 Å². The zero-order valence-electron chi connectivity index (χ0n) is 12.9. The van der Waals surface area contributed by atoms with Crippen molar-refractivity contribution in [2.45, 2.75) is 50.1 Å². The highest BCUT2D eigenvalue weighted by atomic mass is 14.8. The molecule has 0 spiro atoms. The molecule has 0 amide bonds. The molecule has 0 saturated heterocycles. The van der Waals surface area contributed by atoms with Crippen molar-refractivity contribution in [2.75, 3.05) is 0 Å². The first-order valence-corrected chi connectivity index (χ1v) is 8.49. The summed E-state index contributed by atoms with van der Waals surface area (Å²) in [6.07, 6.45) is 5.77. The van der Waals surface area contributed by atoms with Gasteiger partial charge in [-0.2, -0.15) is 0 Å². The Hall–Kier alpha value is -1.85. The molecule has 0 bridgehead atoms. The van der Waals surface area contributed by atoms with Crippen molar-refractivity contribution in [1.29, 1.82) is 0 Å². The van der Waals surface area contributed by atoms with Crippen LogP contribution in [0.5, 0.6) is 0 Å². The van der Waals surface area contributed by atoms with Gasteiger partial charge in [-0.1, -0.05) is 47.3 Å². The molecular formula is C20H23N2+. The van der Waals surface area contributed by atoms with E-state index in [1.165, 1.54) is 22.8 Å². The fraction of sp³-hybridized carbons (Fsp3) is 0.450. The van der Waals surface area contributed by atoms with E-state index in [2.05, 4.69) is 48.5 Å². The van der Waals surface area contributed by atoms with Crippen LogP contribution < -0.4 is 5.73 Å². The van der Waals surface area contributed by atoms with Gasteiger partial charge in [-0.3, -0.25) is 0 Å². The van der Waals surface area contributed by atoms with Gasteiger partial charge in [0.25, 0.3) is 12.1 Å². The molecule has 2 aromatic carbocycles. The first-order valence-electron chi connectivity index (χ1n) is 8.49. The summed E-state index contributed by atoms with van der Waals surface area (Å²) in [5.74, 6) is 1.14. The third kappa shape index (κ3) is 2.87. The van der Waals surface area contributed by atoms with Crippen LogP contribution in [0, 0.1) is 12.0 Å². The molecule has 2 N–H and O–H groups in total. The topological polar surface area (TPSA) is 30.4 Å². The van der Waals surface area contributed by atoms with Gasteiger partial charge in [-0.05, 0) is 42.0 Å². The number of rotatable bonds is 1. The van der Waals surface area contributed by atoms with E-state index in [0.717, 1.165) is 25.7 Å². The Morgan fingerprint density at radius 2 is 1.73 bits per heavy atom. The third-order valence-corrected chi connectivity index (χ3v) is 5.15. The zero-order valence-corrected chi connectivity index (χ0v) is 12.9. The fourth-order valence-electron chi connectivity index (χ4n) is 3.57. The molecule has 2 heteroatoms. The van der Waals surface area contributed by atoms with Gasteiger partial charge in [0.05, 0.1) is 11.8 Å². The second-order valence-electron chi connectivity index (χ2n) is 6.89. The Balaban J connectivity index is 1.43. The molecule has 0 aliphatic heterocycles. The molecule has 2 fully saturated rings. The molecule has 0 heterocycles. The molecular weight excluding hydrogens is 268 g/mol. The lowest BCUT2D eigenvalue weighted by molar-refractivity contribution is 0.383. The maximum Gasteiger partial charge on any atom is 0.280 e. The Labute approximate surface area is 132 Å². The lowest BCUT2D eigenvalue weighted by Gasteiger charge is -2.19. The Morgan fingerprint density at radius 1 is 0.955 bits per heavy atom. The summed E-state index contributed by atoms with van der Waals surface area (Å²) in [4.78, 5) is 4.73. The molecule has 2 aromatic rings. The summed E-state index contributed by atoms with van der Waals surface area (Å²) < 4.78 is 0. The maximum atomic E-state index is 5.95. The van der Waals surface area contributed by atoms with E-state index in [4.69, 9.17) is 10.6 Å². The van der Waals surface area contributed by atoms with Crippen molar-refractivity contribution in [1.82, 2.24) is 0 Å². The van der Waals surface area contributed by atoms with Crippen LogP contribution in [0.15, 0.2) is 42.5 Å². The molecule has 0 radical (unpaired) electrons. The average Bonchev–Trinajstić information content (AvgIpc) is 3.34. The van der Waals surface area contributed by atoms with Gasteiger partial charge in [0.15, 0.2) is 0 Å². The minimum Gasteiger partial charge on any atom is -0.328 e. The molecule has 0 aromatic heterocycles. The molecule has 112 valence electrons. The van der Waals surface area contributed by atoms with Gasteiger partial charge in [0.2, 0.25) is 0 Å². The second-order valence-corrected chi connectivity index (χ2v) is 6.89. The Kier molecular flexibility index (Phi) is 3.60. The van der Waals surface area contributed by atoms with Crippen LogP contribution in [0.3, 0.4) is 0 Å². The van der Waals surface area contributed by atoms with Crippen LogP contribution in [0.1, 0.15) is 43.6 Å². The number of hydrogen-bond donors (Lipinski definition) is 1. The summed E-state index contributed by atoms with van der Waals surface area (Å²) in [5.41, 5.74) is 7.38. The van der Waals surface area contributed by atoms with E-state index in [9.17, 15) is 0 Å². The predicted octanol–water partition coefficient (Wildman–Crippen LogP) is 4.55. The first kappa shape index (κ1) is 13.8. The van der Waals surface area contributed by atoms with Crippen LogP contribution in [-0.2, 0) is 0 Å². The normalized spacial score (nSPS) is 30.6. The third-order valence-electron chi connectivity index (χ3n) is 5.15. The van der Waals surface area contributed by atoms with Crippen molar-refractivity contribution in [3.63, 3.8) is 0 Å². The van der Waals surface area contributed by atoms with Crippen LogP contribution in [0.2, 0.25) is 0 Å². The number of hydrogen-bond acceptors (Lipinski definition) is 1. The van der Waals surface area contributed by atoms with Crippen LogP contribution >= 0.6 is 0 Å². The minimum absolute atomic E-state index is 0.407. The number of nitrogens with zero attached hydrogens (tertiary/aromatic N) is 1. The molecule has 2 aliphatic rings. The predicted molar refractivity (Wildman–Crippen MR) is 92.3 cm³/mol. The molecule has 2 saturated carbocycles. The molecule has 2 aliphatic carbocycles. The van der Waals surface area contributed by atoms with Crippen molar-refractivity contribution >= 4 is 10.8 Å². The van der Waals surface area contributed by atoms with Gasteiger partial charge in [0.1, 0.15) is 0 Å². The fourth-order valence-corrected chi connectivity index (χ4v) is 3.57. The Bertz CT molecular complexity index is 732. The van der Waals surface area contributed by atoms with Crippen molar-refractivity contribution < 1.29 is 0 Å². The summed E-state index contributed by atoms with van der Waals surface area (Å²) in [6.45, 7) is 0. The molecule has 2 nitrogen and oxygen atoms in total. The monoisotopic (exact) mass is 291 g/mol.